The molecule has 1 amide bonds. The van der Waals surface area contributed by atoms with Crippen LogP contribution in [0.4, 0.5) is 10.3 Å². The maximum Gasteiger partial charge on any atom is 0.253 e. The van der Waals surface area contributed by atoms with Gasteiger partial charge in [0.05, 0.1) is 22.7 Å². The number of aryl methyl sites for hydroxylation is 1. The number of aliphatic hydroxyl groups excluding tert-OH is 1. The highest BCUT2D eigenvalue weighted by Crippen LogP contribution is 2.34. The van der Waals surface area contributed by atoms with Gasteiger partial charge in [0.2, 0.25) is 5.95 Å². The van der Waals surface area contributed by atoms with Crippen LogP contribution in [-0.2, 0) is 12.8 Å². The predicted octanol–water partition coefficient (Wildman–Crippen LogP) is 4.07. The fourth-order valence-corrected chi connectivity index (χ4v) is 5.32. The Morgan fingerprint density at radius 2 is 1.92 bits per heavy atom. The molecule has 1 aromatic carbocycles. The Labute approximate surface area is 231 Å². The van der Waals surface area contributed by atoms with Crippen LogP contribution in [0.5, 0.6) is 0 Å². The minimum absolute atomic E-state index is 0.159. The molecule has 0 unspecified atom stereocenters. The number of fused-ring (bicyclic) bond motifs is 1. The molecule has 4 aromatic rings. The number of carbonyl (C=O) groups excluding carboxylic acids is 1. The summed E-state index contributed by atoms with van der Waals surface area (Å²) in [6.07, 6.45) is 10.0. The molecular weight excluding hydrogens is 521 g/mol. The quantitative estimate of drug-likeness (QED) is 0.352. The Morgan fingerprint density at radius 1 is 1.18 bits per heavy atom. The highest BCUT2D eigenvalue weighted by atomic mass is 35.5. The molecule has 1 N–H and O–H groups in total. The summed E-state index contributed by atoms with van der Waals surface area (Å²) in [5.41, 5.74) is 3.10. The van der Waals surface area contributed by atoms with Crippen LogP contribution in [0, 0.1) is 5.82 Å². The van der Waals surface area contributed by atoms with E-state index in [4.69, 9.17) is 16.7 Å². The van der Waals surface area contributed by atoms with E-state index < -0.39 is 5.82 Å². The Hall–Kier alpha value is -3.63. The second kappa shape index (κ2) is 11.6. The first-order chi connectivity index (χ1) is 18.9. The molecule has 39 heavy (non-hydrogen) atoms. The molecule has 0 aliphatic carbocycles. The number of halogens is 2. The second-order valence-corrected chi connectivity index (χ2v) is 10.2. The van der Waals surface area contributed by atoms with Crippen LogP contribution in [0.2, 0.25) is 5.02 Å². The van der Waals surface area contributed by atoms with Crippen molar-refractivity contribution in [1.29, 1.82) is 0 Å². The molecule has 1 aliphatic heterocycles. The van der Waals surface area contributed by atoms with Crippen molar-refractivity contribution in [2.75, 3.05) is 38.2 Å². The van der Waals surface area contributed by atoms with Crippen LogP contribution in [-0.4, -0.2) is 73.7 Å². The molecule has 11 heteroatoms. The van der Waals surface area contributed by atoms with Gasteiger partial charge in [-0.3, -0.25) is 4.79 Å². The van der Waals surface area contributed by atoms with Gasteiger partial charge in [-0.25, -0.2) is 24.3 Å². The van der Waals surface area contributed by atoms with Crippen molar-refractivity contribution in [2.24, 2.45) is 0 Å². The summed E-state index contributed by atoms with van der Waals surface area (Å²) in [5, 5.41) is 10.3. The molecule has 0 bridgehead atoms. The van der Waals surface area contributed by atoms with Crippen LogP contribution in [0.25, 0.3) is 11.0 Å². The van der Waals surface area contributed by atoms with Gasteiger partial charge in [0.25, 0.3) is 5.91 Å². The van der Waals surface area contributed by atoms with Gasteiger partial charge in [0, 0.05) is 63.3 Å². The van der Waals surface area contributed by atoms with E-state index >= 15 is 4.39 Å². The Bertz CT molecular complexity index is 1470. The van der Waals surface area contributed by atoms with Crippen LogP contribution >= 0.6 is 11.6 Å². The highest BCUT2D eigenvalue weighted by molar-refractivity contribution is 6.35. The van der Waals surface area contributed by atoms with E-state index in [-0.39, 0.29) is 37.1 Å². The fourth-order valence-electron chi connectivity index (χ4n) is 5.03. The molecule has 9 nitrogen and oxygen atoms in total. The number of aromatic nitrogens is 5. The van der Waals surface area contributed by atoms with Crippen LogP contribution in [0.15, 0.2) is 43.1 Å². The van der Waals surface area contributed by atoms with E-state index in [2.05, 4.69) is 36.3 Å². The Morgan fingerprint density at radius 3 is 2.59 bits per heavy atom. The third-order valence-electron chi connectivity index (χ3n) is 7.32. The van der Waals surface area contributed by atoms with Crippen molar-refractivity contribution in [3.8, 4) is 0 Å². The summed E-state index contributed by atoms with van der Waals surface area (Å²) in [6.45, 7) is 3.73. The summed E-state index contributed by atoms with van der Waals surface area (Å²) in [6, 6.07) is 4.61. The number of carbonyl (C=O) groups is 1. The zero-order chi connectivity index (χ0) is 27.5. The third-order valence-corrected chi connectivity index (χ3v) is 7.61. The molecular formula is C28H31ClFN7O2. The number of nitrogens with zero attached hydrogens (tertiary/aromatic N) is 7. The third kappa shape index (κ3) is 5.58. The standard InChI is InChI=1S/C28H31ClFN7O2/c1-3-18-14-31-28(32-15-18)36-8-6-21(7-9-36)37-16-22(29)25-24(33-17-34-26(25)37)13-19-4-5-20(12-23(19)30)27(39)35(2)10-11-38/h4-5,12,14-17,21,38H,3,6-11,13H2,1-2H3. The molecule has 5 rings (SSSR count). The topological polar surface area (TPSA) is 100 Å². The number of likely N-dealkylation sites (N-methyl/N-ethyl adjacent to an activating group) is 1. The number of hydrogen-bond acceptors (Lipinski definition) is 7. The van der Waals surface area contributed by atoms with Crippen molar-refractivity contribution < 1.29 is 14.3 Å². The minimum Gasteiger partial charge on any atom is -0.395 e. The molecule has 3 aromatic heterocycles. The first kappa shape index (κ1) is 27.0. The zero-order valence-electron chi connectivity index (χ0n) is 22.0. The minimum atomic E-state index is -0.498. The first-order valence-corrected chi connectivity index (χ1v) is 13.5. The highest BCUT2D eigenvalue weighted by Gasteiger charge is 2.25. The monoisotopic (exact) mass is 551 g/mol. The van der Waals surface area contributed by atoms with Crippen LogP contribution < -0.4 is 4.90 Å². The van der Waals surface area contributed by atoms with Gasteiger partial charge >= 0.3 is 0 Å². The van der Waals surface area contributed by atoms with E-state index in [0.717, 1.165) is 49.5 Å². The number of piperidine rings is 1. The first-order valence-electron chi connectivity index (χ1n) is 13.1. The molecule has 1 aliphatic rings. The number of anilines is 1. The SMILES string of the molecule is CCc1cnc(N2CCC(n3cc(Cl)c4c(Cc5ccc(C(=O)N(C)CCO)cc5F)ncnc43)CC2)nc1. The smallest absolute Gasteiger partial charge is 0.253 e. The van der Waals surface area contributed by atoms with E-state index in [1.54, 1.807) is 19.2 Å². The van der Waals surface area contributed by atoms with Crippen molar-refractivity contribution >= 4 is 34.5 Å². The Kier molecular flexibility index (Phi) is 8.04. The molecule has 1 fully saturated rings. The lowest BCUT2D eigenvalue weighted by Crippen LogP contribution is -2.35. The van der Waals surface area contributed by atoms with Gasteiger partial charge in [-0.1, -0.05) is 24.6 Å². The van der Waals surface area contributed by atoms with Crippen LogP contribution in [0.3, 0.4) is 0 Å². The van der Waals surface area contributed by atoms with Gasteiger partial charge in [-0.05, 0) is 42.5 Å². The van der Waals surface area contributed by atoms with Crippen molar-refractivity contribution in [3.05, 3.63) is 76.3 Å². The molecule has 0 radical (unpaired) electrons. The van der Waals surface area contributed by atoms with Crippen molar-refractivity contribution in [2.45, 2.75) is 38.6 Å². The van der Waals surface area contributed by atoms with Gasteiger partial charge in [0.1, 0.15) is 17.8 Å². The lowest BCUT2D eigenvalue weighted by Gasteiger charge is -2.32. The largest absolute Gasteiger partial charge is 0.395 e. The normalized spacial score (nSPS) is 14.2. The summed E-state index contributed by atoms with van der Waals surface area (Å²) in [7, 11) is 1.57. The van der Waals surface area contributed by atoms with Gasteiger partial charge in [0.15, 0.2) is 0 Å². The fraction of sp³-hybridized carbons (Fsp3) is 0.393. The molecule has 0 saturated carbocycles. The summed E-state index contributed by atoms with van der Waals surface area (Å²) >= 11 is 6.70. The predicted molar refractivity (Wildman–Crippen MR) is 148 cm³/mol. The van der Waals surface area contributed by atoms with Gasteiger partial charge in [-0.2, -0.15) is 0 Å². The average molecular weight is 552 g/mol. The maximum absolute atomic E-state index is 15.0. The lowest BCUT2D eigenvalue weighted by molar-refractivity contribution is 0.0766. The van der Waals surface area contributed by atoms with E-state index in [9.17, 15) is 4.79 Å². The summed E-state index contributed by atoms with van der Waals surface area (Å²) < 4.78 is 17.2. The summed E-state index contributed by atoms with van der Waals surface area (Å²) in [4.78, 5) is 34.0. The van der Waals surface area contributed by atoms with Gasteiger partial charge < -0.3 is 19.5 Å². The number of hydrogen-bond donors (Lipinski definition) is 1. The number of rotatable bonds is 8. The molecule has 0 spiro atoms. The number of benzene rings is 1. The average Bonchev–Trinajstić information content (AvgIpc) is 3.31. The van der Waals surface area contributed by atoms with Gasteiger partial charge in [-0.15, -0.1) is 0 Å². The van der Waals surface area contributed by atoms with E-state index in [1.165, 1.54) is 17.3 Å². The van der Waals surface area contributed by atoms with Crippen molar-refractivity contribution in [1.82, 2.24) is 29.4 Å². The maximum atomic E-state index is 15.0. The summed E-state index contributed by atoms with van der Waals surface area (Å²) in [5.74, 6) is -0.0998. The molecule has 4 heterocycles. The zero-order valence-corrected chi connectivity index (χ0v) is 22.8. The molecule has 1 saturated heterocycles. The Balaban J connectivity index is 1.34. The number of aliphatic hydroxyl groups is 1. The van der Waals surface area contributed by atoms with E-state index in [1.807, 2.05) is 18.6 Å². The second-order valence-electron chi connectivity index (χ2n) is 9.80. The number of amides is 1. The van der Waals surface area contributed by atoms with Crippen molar-refractivity contribution in [3.63, 3.8) is 0 Å². The molecule has 204 valence electrons. The van der Waals surface area contributed by atoms with Crippen LogP contribution in [0.1, 0.15) is 53.0 Å². The lowest BCUT2D eigenvalue weighted by atomic mass is 10.0. The molecule has 0 atom stereocenters. The van der Waals surface area contributed by atoms with E-state index in [0.29, 0.717) is 21.7 Å².